The van der Waals surface area contributed by atoms with Crippen LogP contribution in [0.2, 0.25) is 0 Å². The van der Waals surface area contributed by atoms with Crippen molar-refractivity contribution in [1.82, 2.24) is 0 Å². The number of rotatable bonds is 15. The average Bonchev–Trinajstić information content (AvgIpc) is 2.69. The van der Waals surface area contributed by atoms with E-state index in [9.17, 15) is 19.7 Å². The zero-order valence-electron chi connectivity index (χ0n) is 17.6. The van der Waals surface area contributed by atoms with Crippen molar-refractivity contribution in [1.29, 1.82) is 0 Å². The van der Waals surface area contributed by atoms with Crippen LogP contribution in [0.5, 0.6) is 0 Å². The van der Waals surface area contributed by atoms with Gasteiger partial charge >= 0.3 is 11.9 Å². The zero-order valence-corrected chi connectivity index (χ0v) is 17.6. The Balaban J connectivity index is 2.10. The average molecular weight is 408 g/mol. The SMILES string of the molecule is CCCCCCCCCCOC(=O)CCC(=O)OCc1ccc([N+](=O)[O-])c(C)c1. The summed E-state index contributed by atoms with van der Waals surface area (Å²) in [4.78, 5) is 33.8. The number of aryl methyl sites for hydroxylation is 1. The highest BCUT2D eigenvalue weighted by atomic mass is 16.6. The molecule has 0 atom stereocenters. The van der Waals surface area contributed by atoms with Gasteiger partial charge in [0.2, 0.25) is 0 Å². The van der Waals surface area contributed by atoms with E-state index in [-0.39, 0.29) is 25.1 Å². The van der Waals surface area contributed by atoms with Crippen LogP contribution < -0.4 is 0 Å². The van der Waals surface area contributed by atoms with E-state index in [1.54, 1.807) is 19.1 Å². The van der Waals surface area contributed by atoms with Gasteiger partial charge in [0.05, 0.1) is 24.4 Å². The van der Waals surface area contributed by atoms with Gasteiger partial charge in [-0.2, -0.15) is 0 Å². The molecule has 0 N–H and O–H groups in total. The number of carbonyl (C=O) groups excluding carboxylic acids is 2. The number of hydrogen-bond acceptors (Lipinski definition) is 6. The molecule has 0 bridgehead atoms. The third-order valence-corrected chi connectivity index (χ3v) is 4.65. The highest BCUT2D eigenvalue weighted by Gasteiger charge is 2.12. The molecule has 0 saturated heterocycles. The molecule has 0 aliphatic heterocycles. The molecule has 0 aromatic heterocycles. The summed E-state index contributed by atoms with van der Waals surface area (Å²) in [6.07, 6.45) is 9.37. The highest BCUT2D eigenvalue weighted by molar-refractivity contribution is 5.77. The van der Waals surface area contributed by atoms with Crippen LogP contribution in [0.4, 0.5) is 5.69 Å². The Morgan fingerprint density at radius 2 is 1.52 bits per heavy atom. The molecule has 0 aliphatic rings. The third-order valence-electron chi connectivity index (χ3n) is 4.65. The summed E-state index contributed by atoms with van der Waals surface area (Å²) in [5.74, 6) is -0.888. The number of hydrogen-bond donors (Lipinski definition) is 0. The van der Waals surface area contributed by atoms with Crippen molar-refractivity contribution in [3.05, 3.63) is 39.4 Å². The molecule has 0 fully saturated rings. The largest absolute Gasteiger partial charge is 0.466 e. The molecule has 29 heavy (non-hydrogen) atoms. The van der Waals surface area contributed by atoms with Crippen LogP contribution >= 0.6 is 0 Å². The quantitative estimate of drug-likeness (QED) is 0.167. The van der Waals surface area contributed by atoms with Crippen molar-refractivity contribution in [2.45, 2.75) is 84.7 Å². The van der Waals surface area contributed by atoms with Crippen LogP contribution in [0.1, 0.15) is 82.3 Å². The minimum absolute atomic E-state index is 0.00482. The molecule has 1 aromatic rings. The summed E-state index contributed by atoms with van der Waals surface area (Å²) in [5.41, 5.74) is 1.20. The number of nitrogens with zero attached hydrogens (tertiary/aromatic N) is 1. The van der Waals surface area contributed by atoms with Gasteiger partial charge in [0.1, 0.15) is 6.61 Å². The summed E-state index contributed by atoms with van der Waals surface area (Å²) in [7, 11) is 0. The second-order valence-electron chi connectivity index (χ2n) is 7.23. The molecule has 0 unspecified atom stereocenters. The van der Waals surface area contributed by atoms with Crippen molar-refractivity contribution in [3.63, 3.8) is 0 Å². The fourth-order valence-electron chi connectivity index (χ4n) is 2.95. The van der Waals surface area contributed by atoms with Gasteiger partial charge in [-0.05, 0) is 31.0 Å². The van der Waals surface area contributed by atoms with E-state index in [1.807, 2.05) is 0 Å². The third kappa shape index (κ3) is 11.2. The molecular formula is C22H33NO6. The number of esters is 2. The summed E-state index contributed by atoms with van der Waals surface area (Å²) in [5, 5.41) is 10.8. The van der Waals surface area contributed by atoms with E-state index in [0.29, 0.717) is 17.7 Å². The summed E-state index contributed by atoms with van der Waals surface area (Å²) >= 11 is 0. The Morgan fingerprint density at radius 3 is 2.10 bits per heavy atom. The van der Waals surface area contributed by atoms with Crippen molar-refractivity contribution in [2.24, 2.45) is 0 Å². The standard InChI is InChI=1S/C22H33NO6/c1-3-4-5-6-7-8-9-10-15-28-21(24)13-14-22(25)29-17-19-11-12-20(23(26)27)18(2)16-19/h11-12,16H,3-10,13-15,17H2,1-2H3. The fraction of sp³-hybridized carbons (Fsp3) is 0.636. The number of benzene rings is 1. The first-order chi connectivity index (χ1) is 13.9. The highest BCUT2D eigenvalue weighted by Crippen LogP contribution is 2.19. The van der Waals surface area contributed by atoms with E-state index < -0.39 is 16.9 Å². The van der Waals surface area contributed by atoms with Gasteiger partial charge in [0.25, 0.3) is 5.69 Å². The first-order valence-electron chi connectivity index (χ1n) is 10.5. The maximum Gasteiger partial charge on any atom is 0.306 e. The zero-order chi connectivity index (χ0) is 21.5. The van der Waals surface area contributed by atoms with Crippen LogP contribution in [-0.4, -0.2) is 23.5 Å². The normalized spacial score (nSPS) is 10.6. The first kappa shape index (κ1) is 24.6. The lowest BCUT2D eigenvalue weighted by Gasteiger charge is -2.07. The lowest BCUT2D eigenvalue weighted by atomic mass is 10.1. The molecule has 0 heterocycles. The molecule has 1 rings (SSSR count). The van der Waals surface area contributed by atoms with Crippen LogP contribution in [0.15, 0.2) is 18.2 Å². The predicted octanol–water partition coefficient (Wildman–Crippen LogP) is 5.41. The van der Waals surface area contributed by atoms with Gasteiger partial charge < -0.3 is 9.47 Å². The lowest BCUT2D eigenvalue weighted by Crippen LogP contribution is -2.11. The van der Waals surface area contributed by atoms with Crippen LogP contribution in [0, 0.1) is 17.0 Å². The van der Waals surface area contributed by atoms with Crippen LogP contribution in [0.3, 0.4) is 0 Å². The van der Waals surface area contributed by atoms with Gasteiger partial charge in [-0.15, -0.1) is 0 Å². The van der Waals surface area contributed by atoms with E-state index in [2.05, 4.69) is 6.92 Å². The maximum atomic E-state index is 11.8. The van der Waals surface area contributed by atoms with Gasteiger partial charge in [0.15, 0.2) is 0 Å². The van der Waals surface area contributed by atoms with Crippen LogP contribution in [-0.2, 0) is 25.7 Å². The Labute approximate surface area is 172 Å². The Bertz CT molecular complexity index is 659. The molecule has 1 aromatic carbocycles. The van der Waals surface area contributed by atoms with Crippen molar-refractivity contribution < 1.29 is 24.0 Å². The Kier molecular flexibility index (Phi) is 12.3. The molecule has 0 aliphatic carbocycles. The molecule has 0 saturated carbocycles. The summed E-state index contributed by atoms with van der Waals surface area (Å²) < 4.78 is 10.3. The summed E-state index contributed by atoms with van der Waals surface area (Å²) in [6, 6.07) is 4.56. The monoisotopic (exact) mass is 407 g/mol. The van der Waals surface area contributed by atoms with Gasteiger partial charge in [-0.3, -0.25) is 19.7 Å². The van der Waals surface area contributed by atoms with Gasteiger partial charge in [0, 0.05) is 11.6 Å². The van der Waals surface area contributed by atoms with E-state index in [4.69, 9.17) is 9.47 Å². The number of carbonyl (C=O) groups is 2. The van der Waals surface area contributed by atoms with E-state index in [1.165, 1.54) is 38.2 Å². The molecule has 162 valence electrons. The number of unbranched alkanes of at least 4 members (excludes halogenated alkanes) is 7. The second-order valence-corrected chi connectivity index (χ2v) is 7.23. The maximum absolute atomic E-state index is 11.8. The number of nitro groups is 1. The lowest BCUT2D eigenvalue weighted by molar-refractivity contribution is -0.385. The smallest absolute Gasteiger partial charge is 0.306 e. The number of ether oxygens (including phenoxy) is 2. The molecule has 0 radical (unpaired) electrons. The fourth-order valence-corrected chi connectivity index (χ4v) is 2.95. The minimum Gasteiger partial charge on any atom is -0.466 e. The van der Waals surface area contributed by atoms with Crippen LogP contribution in [0.25, 0.3) is 0 Å². The first-order valence-corrected chi connectivity index (χ1v) is 10.5. The number of nitro benzene ring substituents is 1. The molecule has 0 amide bonds. The topological polar surface area (TPSA) is 95.7 Å². The van der Waals surface area contributed by atoms with Crippen molar-refractivity contribution in [2.75, 3.05) is 6.61 Å². The minimum atomic E-state index is -0.495. The van der Waals surface area contributed by atoms with Gasteiger partial charge in [-0.25, -0.2) is 0 Å². The second kappa shape index (κ2) is 14.5. The molecular weight excluding hydrogens is 374 g/mol. The van der Waals surface area contributed by atoms with Crippen molar-refractivity contribution in [3.8, 4) is 0 Å². The molecule has 0 spiro atoms. The molecule has 7 heteroatoms. The van der Waals surface area contributed by atoms with E-state index in [0.717, 1.165) is 19.3 Å². The molecule has 7 nitrogen and oxygen atoms in total. The Hall–Kier alpha value is -2.44. The van der Waals surface area contributed by atoms with E-state index >= 15 is 0 Å². The van der Waals surface area contributed by atoms with Crippen molar-refractivity contribution >= 4 is 17.6 Å². The summed E-state index contributed by atoms with van der Waals surface area (Å²) in [6.45, 7) is 4.25. The van der Waals surface area contributed by atoms with Gasteiger partial charge in [-0.1, -0.05) is 51.9 Å². The predicted molar refractivity (Wildman–Crippen MR) is 110 cm³/mol. The Morgan fingerprint density at radius 1 is 0.931 bits per heavy atom.